The smallest absolute Gasteiger partial charge is 0.239 e. The van der Waals surface area contributed by atoms with Gasteiger partial charge in [-0.25, -0.2) is 0 Å². The third-order valence-electron chi connectivity index (χ3n) is 2.84. The van der Waals surface area contributed by atoms with Crippen LogP contribution in [0.25, 0.3) is 0 Å². The zero-order valence-electron chi connectivity index (χ0n) is 9.82. The van der Waals surface area contributed by atoms with Crippen molar-refractivity contribution in [3.63, 3.8) is 0 Å². The minimum absolute atomic E-state index is 0.0748. The summed E-state index contributed by atoms with van der Waals surface area (Å²) in [6, 6.07) is 9.79. The van der Waals surface area contributed by atoms with Crippen LogP contribution in [0.5, 0.6) is 0 Å². The number of nitrogens with one attached hydrogen (secondary N) is 2. The Morgan fingerprint density at radius 2 is 2.18 bits per heavy atom. The maximum absolute atomic E-state index is 11.6. The molecule has 2 rings (SSSR count). The SMILES string of the molecule is O=C(CNc1ccccc1)NCC1CCSC1. The lowest BCUT2D eigenvalue weighted by Crippen LogP contribution is -2.33. The number of hydrogen-bond donors (Lipinski definition) is 2. The second-order valence-corrected chi connectivity index (χ2v) is 5.40. The first-order chi connectivity index (χ1) is 8.34. The van der Waals surface area contributed by atoms with Gasteiger partial charge in [-0.1, -0.05) is 18.2 Å². The van der Waals surface area contributed by atoms with Crippen molar-refractivity contribution in [2.45, 2.75) is 6.42 Å². The monoisotopic (exact) mass is 250 g/mol. The van der Waals surface area contributed by atoms with E-state index >= 15 is 0 Å². The summed E-state index contributed by atoms with van der Waals surface area (Å²) in [5, 5.41) is 6.08. The fourth-order valence-electron chi connectivity index (χ4n) is 1.80. The molecule has 0 aliphatic carbocycles. The van der Waals surface area contributed by atoms with Crippen LogP contribution in [0, 0.1) is 5.92 Å². The molecule has 2 N–H and O–H groups in total. The Morgan fingerprint density at radius 1 is 1.35 bits per heavy atom. The lowest BCUT2D eigenvalue weighted by Gasteiger charge is -2.11. The molecule has 17 heavy (non-hydrogen) atoms. The molecule has 1 aromatic carbocycles. The van der Waals surface area contributed by atoms with Gasteiger partial charge in [0.1, 0.15) is 0 Å². The first kappa shape index (κ1) is 12.3. The molecule has 4 heteroatoms. The summed E-state index contributed by atoms with van der Waals surface area (Å²) in [6.07, 6.45) is 1.23. The average molecular weight is 250 g/mol. The average Bonchev–Trinajstić information content (AvgIpc) is 2.88. The van der Waals surface area contributed by atoms with Gasteiger partial charge in [-0.15, -0.1) is 0 Å². The van der Waals surface area contributed by atoms with Crippen molar-refractivity contribution < 1.29 is 4.79 Å². The Bertz CT molecular complexity index is 350. The molecule has 1 fully saturated rings. The van der Waals surface area contributed by atoms with Crippen LogP contribution in [0.15, 0.2) is 30.3 Å². The summed E-state index contributed by atoms with van der Waals surface area (Å²) in [7, 11) is 0. The van der Waals surface area contributed by atoms with Crippen LogP contribution >= 0.6 is 11.8 Å². The van der Waals surface area contributed by atoms with Crippen molar-refractivity contribution in [3.05, 3.63) is 30.3 Å². The predicted octanol–water partition coefficient (Wildman–Crippen LogP) is 1.97. The largest absolute Gasteiger partial charge is 0.376 e. The van der Waals surface area contributed by atoms with E-state index in [2.05, 4.69) is 10.6 Å². The fraction of sp³-hybridized carbons (Fsp3) is 0.462. The summed E-state index contributed by atoms with van der Waals surface area (Å²) in [5.74, 6) is 3.17. The number of carbonyl (C=O) groups is 1. The molecule has 0 bridgehead atoms. The minimum atomic E-state index is 0.0748. The van der Waals surface area contributed by atoms with Crippen molar-refractivity contribution >= 4 is 23.4 Å². The number of hydrogen-bond acceptors (Lipinski definition) is 3. The molecule has 1 atom stereocenters. The standard InChI is InChI=1S/C13H18N2OS/c16-13(15-8-11-6-7-17-10-11)9-14-12-4-2-1-3-5-12/h1-5,11,14H,6-10H2,(H,15,16). The van der Waals surface area contributed by atoms with E-state index in [4.69, 9.17) is 0 Å². The zero-order valence-corrected chi connectivity index (χ0v) is 10.6. The van der Waals surface area contributed by atoms with E-state index in [0.717, 1.165) is 12.2 Å². The molecular formula is C13H18N2OS. The summed E-state index contributed by atoms with van der Waals surface area (Å²) >= 11 is 1.98. The van der Waals surface area contributed by atoms with Crippen LogP contribution < -0.4 is 10.6 Å². The molecular weight excluding hydrogens is 232 g/mol. The Balaban J connectivity index is 1.64. The van der Waals surface area contributed by atoms with Gasteiger partial charge < -0.3 is 10.6 Å². The highest BCUT2D eigenvalue weighted by atomic mass is 32.2. The van der Waals surface area contributed by atoms with Gasteiger partial charge >= 0.3 is 0 Å². The predicted molar refractivity (Wildman–Crippen MR) is 73.4 cm³/mol. The first-order valence-corrected chi connectivity index (χ1v) is 7.13. The van der Waals surface area contributed by atoms with Gasteiger partial charge in [0.05, 0.1) is 6.54 Å². The fourth-order valence-corrected chi connectivity index (χ4v) is 3.09. The number of amides is 1. The number of benzene rings is 1. The number of anilines is 1. The number of thioether (sulfide) groups is 1. The van der Waals surface area contributed by atoms with Crippen molar-refractivity contribution in [2.75, 3.05) is 29.9 Å². The highest BCUT2D eigenvalue weighted by Crippen LogP contribution is 2.22. The molecule has 0 spiro atoms. The molecule has 3 nitrogen and oxygen atoms in total. The first-order valence-electron chi connectivity index (χ1n) is 5.98. The molecule has 1 saturated heterocycles. The van der Waals surface area contributed by atoms with E-state index < -0.39 is 0 Å². The van der Waals surface area contributed by atoms with Crippen LogP contribution in [0.4, 0.5) is 5.69 Å². The van der Waals surface area contributed by atoms with Gasteiger partial charge in [-0.05, 0) is 36.0 Å². The Hall–Kier alpha value is -1.16. The molecule has 1 unspecified atom stereocenters. The van der Waals surface area contributed by atoms with Gasteiger partial charge in [-0.3, -0.25) is 4.79 Å². The Kier molecular flexibility index (Phi) is 4.74. The van der Waals surface area contributed by atoms with Crippen molar-refractivity contribution in [2.24, 2.45) is 5.92 Å². The minimum Gasteiger partial charge on any atom is -0.376 e. The zero-order chi connectivity index (χ0) is 11.9. The number of carbonyl (C=O) groups excluding carboxylic acids is 1. The molecule has 1 amide bonds. The van der Waals surface area contributed by atoms with Crippen LogP contribution in [-0.2, 0) is 4.79 Å². The van der Waals surface area contributed by atoms with E-state index in [9.17, 15) is 4.79 Å². The van der Waals surface area contributed by atoms with Crippen LogP contribution in [-0.4, -0.2) is 30.5 Å². The third-order valence-corrected chi connectivity index (χ3v) is 4.07. The van der Waals surface area contributed by atoms with Crippen LogP contribution in [0.2, 0.25) is 0 Å². The molecule has 1 aliphatic rings. The van der Waals surface area contributed by atoms with Gasteiger partial charge in [0.2, 0.25) is 5.91 Å². The van der Waals surface area contributed by atoms with E-state index in [0.29, 0.717) is 12.5 Å². The third kappa shape index (κ3) is 4.30. The molecule has 0 radical (unpaired) electrons. The van der Waals surface area contributed by atoms with Gasteiger partial charge in [0.15, 0.2) is 0 Å². The van der Waals surface area contributed by atoms with Crippen molar-refractivity contribution in [1.82, 2.24) is 5.32 Å². The Labute approximate surface area is 106 Å². The molecule has 0 saturated carbocycles. The van der Waals surface area contributed by atoms with Crippen molar-refractivity contribution in [1.29, 1.82) is 0 Å². The second-order valence-electron chi connectivity index (χ2n) is 4.25. The maximum atomic E-state index is 11.6. The van der Waals surface area contributed by atoms with E-state index in [1.165, 1.54) is 17.9 Å². The second kappa shape index (κ2) is 6.55. The lowest BCUT2D eigenvalue weighted by atomic mass is 10.1. The quantitative estimate of drug-likeness (QED) is 0.839. The summed E-state index contributed by atoms with van der Waals surface area (Å²) in [6.45, 7) is 1.17. The topological polar surface area (TPSA) is 41.1 Å². The van der Waals surface area contributed by atoms with Gasteiger partial charge in [-0.2, -0.15) is 11.8 Å². The maximum Gasteiger partial charge on any atom is 0.239 e. The van der Waals surface area contributed by atoms with E-state index in [1.54, 1.807) is 0 Å². The van der Waals surface area contributed by atoms with Crippen LogP contribution in [0.3, 0.4) is 0 Å². The number of para-hydroxylation sites is 1. The molecule has 0 aromatic heterocycles. The highest BCUT2D eigenvalue weighted by molar-refractivity contribution is 7.99. The highest BCUT2D eigenvalue weighted by Gasteiger charge is 2.15. The molecule has 92 valence electrons. The summed E-state index contributed by atoms with van der Waals surface area (Å²) in [5.41, 5.74) is 0.985. The molecule has 1 heterocycles. The van der Waals surface area contributed by atoms with Gasteiger partial charge in [0, 0.05) is 12.2 Å². The summed E-state index contributed by atoms with van der Waals surface area (Å²) in [4.78, 5) is 11.6. The lowest BCUT2D eigenvalue weighted by molar-refractivity contribution is -0.119. The van der Waals surface area contributed by atoms with E-state index in [-0.39, 0.29) is 5.91 Å². The molecule has 1 aromatic rings. The summed E-state index contributed by atoms with van der Waals surface area (Å²) < 4.78 is 0. The normalized spacial score (nSPS) is 18.9. The molecule has 1 aliphatic heterocycles. The van der Waals surface area contributed by atoms with Gasteiger partial charge in [0.25, 0.3) is 0 Å². The number of rotatable bonds is 5. The Morgan fingerprint density at radius 3 is 2.88 bits per heavy atom. The van der Waals surface area contributed by atoms with E-state index in [1.807, 2.05) is 42.1 Å². The van der Waals surface area contributed by atoms with Crippen LogP contribution in [0.1, 0.15) is 6.42 Å². The van der Waals surface area contributed by atoms with Crippen molar-refractivity contribution in [3.8, 4) is 0 Å².